The van der Waals surface area contributed by atoms with Crippen LogP contribution >= 0.6 is 28.3 Å². The molecule has 0 saturated carbocycles. The molecule has 2 unspecified atom stereocenters. The highest BCUT2D eigenvalue weighted by Gasteiger charge is 2.34. The van der Waals surface area contributed by atoms with E-state index >= 15 is 0 Å². The third kappa shape index (κ3) is 3.72. The molecule has 0 amide bonds. The van der Waals surface area contributed by atoms with E-state index in [9.17, 15) is 0 Å². The van der Waals surface area contributed by atoms with Crippen LogP contribution < -0.4 is 5.32 Å². The van der Waals surface area contributed by atoms with Gasteiger partial charge in [0, 0.05) is 29.1 Å². The highest BCUT2D eigenvalue weighted by atomic mass is 79.9. The molecule has 106 valence electrons. The molecule has 3 rings (SSSR count). The molecule has 0 spiro atoms. The first-order chi connectivity index (χ1) is 8.70. The Morgan fingerprint density at radius 2 is 1.95 bits per heavy atom. The molecule has 0 radical (unpaired) electrons. The minimum absolute atomic E-state index is 0. The monoisotopic (exact) mass is 344 g/mol. The van der Waals surface area contributed by atoms with Gasteiger partial charge in [-0.05, 0) is 50.4 Å². The average molecular weight is 346 g/mol. The van der Waals surface area contributed by atoms with Gasteiger partial charge in [-0.2, -0.15) is 0 Å². The van der Waals surface area contributed by atoms with Gasteiger partial charge in [0.25, 0.3) is 0 Å². The lowest BCUT2D eigenvalue weighted by molar-refractivity contribution is 0.166. The highest BCUT2D eigenvalue weighted by molar-refractivity contribution is 9.10. The summed E-state index contributed by atoms with van der Waals surface area (Å²) in [6, 6.07) is 11.0. The van der Waals surface area contributed by atoms with Crippen molar-refractivity contribution in [2.75, 3.05) is 7.05 Å². The van der Waals surface area contributed by atoms with Crippen LogP contribution in [0, 0.1) is 0 Å². The zero-order valence-corrected chi connectivity index (χ0v) is 13.7. The summed E-state index contributed by atoms with van der Waals surface area (Å²) in [5, 5.41) is 3.71. The van der Waals surface area contributed by atoms with E-state index in [1.807, 2.05) is 0 Å². The molecule has 4 heteroatoms. The molecule has 2 heterocycles. The Labute approximate surface area is 130 Å². The van der Waals surface area contributed by atoms with E-state index in [2.05, 4.69) is 57.5 Å². The maximum atomic E-state index is 3.71. The van der Waals surface area contributed by atoms with E-state index in [1.54, 1.807) is 0 Å². The summed E-state index contributed by atoms with van der Waals surface area (Å²) in [5.74, 6) is 0. The molecular formula is C15H22BrClN2. The molecule has 2 saturated heterocycles. The average Bonchev–Trinajstić information content (AvgIpc) is 2.68. The lowest BCUT2D eigenvalue weighted by Gasteiger charge is -2.35. The quantitative estimate of drug-likeness (QED) is 0.900. The molecular weight excluding hydrogens is 324 g/mol. The molecule has 2 fully saturated rings. The number of halogens is 2. The van der Waals surface area contributed by atoms with Crippen LogP contribution in [0.3, 0.4) is 0 Å². The second kappa shape index (κ2) is 6.57. The Morgan fingerprint density at radius 1 is 1.26 bits per heavy atom. The highest BCUT2D eigenvalue weighted by Crippen LogP contribution is 2.29. The summed E-state index contributed by atoms with van der Waals surface area (Å²) in [5.41, 5.74) is 1.40. The fourth-order valence-corrected chi connectivity index (χ4v) is 3.89. The lowest BCUT2D eigenvalue weighted by Crippen LogP contribution is -2.46. The summed E-state index contributed by atoms with van der Waals surface area (Å²) < 4.78 is 1.18. The lowest BCUT2D eigenvalue weighted by atomic mass is 9.98. The van der Waals surface area contributed by atoms with Crippen LogP contribution in [0.2, 0.25) is 0 Å². The van der Waals surface area contributed by atoms with Gasteiger partial charge in [0.15, 0.2) is 0 Å². The van der Waals surface area contributed by atoms with Gasteiger partial charge in [0.2, 0.25) is 0 Å². The van der Waals surface area contributed by atoms with Gasteiger partial charge in [0.1, 0.15) is 0 Å². The van der Waals surface area contributed by atoms with E-state index in [4.69, 9.17) is 0 Å². The van der Waals surface area contributed by atoms with Crippen molar-refractivity contribution in [2.24, 2.45) is 0 Å². The first kappa shape index (κ1) is 15.3. The maximum absolute atomic E-state index is 3.71. The van der Waals surface area contributed by atoms with Gasteiger partial charge in [-0.25, -0.2) is 0 Å². The molecule has 2 atom stereocenters. The third-order valence-electron chi connectivity index (χ3n) is 4.39. The van der Waals surface area contributed by atoms with Gasteiger partial charge in [-0.1, -0.05) is 28.1 Å². The van der Waals surface area contributed by atoms with Crippen LogP contribution in [-0.4, -0.2) is 30.1 Å². The summed E-state index contributed by atoms with van der Waals surface area (Å²) >= 11 is 3.55. The van der Waals surface area contributed by atoms with Crippen molar-refractivity contribution < 1.29 is 0 Å². The summed E-state index contributed by atoms with van der Waals surface area (Å²) in [7, 11) is 2.27. The minimum atomic E-state index is 0. The third-order valence-corrected chi connectivity index (χ3v) is 4.89. The van der Waals surface area contributed by atoms with Crippen LogP contribution in [0.1, 0.15) is 31.2 Å². The Bertz CT molecular complexity index is 414. The van der Waals surface area contributed by atoms with E-state index in [-0.39, 0.29) is 12.4 Å². The molecule has 2 bridgehead atoms. The topological polar surface area (TPSA) is 15.3 Å². The van der Waals surface area contributed by atoms with Crippen molar-refractivity contribution in [3.05, 3.63) is 34.3 Å². The molecule has 0 aromatic heterocycles. The summed E-state index contributed by atoms with van der Waals surface area (Å²) in [6.45, 7) is 1.06. The van der Waals surface area contributed by atoms with Gasteiger partial charge in [-0.15, -0.1) is 12.4 Å². The maximum Gasteiger partial charge on any atom is 0.0234 e. The predicted octanol–water partition coefficient (Wildman–Crippen LogP) is 3.59. The van der Waals surface area contributed by atoms with Gasteiger partial charge < -0.3 is 5.32 Å². The number of hydrogen-bond acceptors (Lipinski definition) is 2. The van der Waals surface area contributed by atoms with E-state index in [0.717, 1.165) is 24.7 Å². The van der Waals surface area contributed by atoms with Crippen LogP contribution in [0.4, 0.5) is 0 Å². The normalized spacial score (nSPS) is 29.3. The molecule has 2 aliphatic rings. The van der Waals surface area contributed by atoms with Crippen molar-refractivity contribution in [2.45, 2.75) is 50.4 Å². The SMILES string of the molecule is CN(Cc1cccc(Br)c1)C1CC2CCC(C1)N2.Cl. The van der Waals surface area contributed by atoms with E-state index in [0.29, 0.717) is 0 Å². The number of nitrogens with zero attached hydrogens (tertiary/aromatic N) is 1. The van der Waals surface area contributed by atoms with Crippen molar-refractivity contribution in [1.82, 2.24) is 10.2 Å². The molecule has 0 aliphatic carbocycles. The van der Waals surface area contributed by atoms with Crippen molar-refractivity contribution in [3.63, 3.8) is 0 Å². The Balaban J connectivity index is 0.00000133. The fraction of sp³-hybridized carbons (Fsp3) is 0.600. The number of hydrogen-bond donors (Lipinski definition) is 1. The van der Waals surface area contributed by atoms with Crippen LogP contribution in [0.15, 0.2) is 28.7 Å². The Hall–Kier alpha value is -0.0900. The van der Waals surface area contributed by atoms with Crippen LogP contribution in [-0.2, 0) is 6.54 Å². The molecule has 1 aromatic carbocycles. The van der Waals surface area contributed by atoms with E-state index < -0.39 is 0 Å². The van der Waals surface area contributed by atoms with Gasteiger partial charge in [0.05, 0.1) is 0 Å². The smallest absolute Gasteiger partial charge is 0.0234 e. The number of nitrogens with one attached hydrogen (secondary N) is 1. The fourth-order valence-electron chi connectivity index (χ4n) is 3.44. The van der Waals surface area contributed by atoms with E-state index in [1.165, 1.54) is 35.7 Å². The summed E-state index contributed by atoms with van der Waals surface area (Å²) in [4.78, 5) is 2.54. The van der Waals surface area contributed by atoms with Crippen LogP contribution in [0.25, 0.3) is 0 Å². The Morgan fingerprint density at radius 3 is 2.58 bits per heavy atom. The molecule has 2 nitrogen and oxygen atoms in total. The van der Waals surface area contributed by atoms with Crippen molar-refractivity contribution in [3.8, 4) is 0 Å². The second-order valence-corrected chi connectivity index (χ2v) is 6.72. The molecule has 2 aliphatic heterocycles. The molecule has 1 N–H and O–H groups in total. The van der Waals surface area contributed by atoms with Crippen LogP contribution in [0.5, 0.6) is 0 Å². The van der Waals surface area contributed by atoms with Crippen molar-refractivity contribution >= 4 is 28.3 Å². The van der Waals surface area contributed by atoms with Gasteiger partial charge in [-0.3, -0.25) is 4.90 Å². The standard InChI is InChI=1S/C15H21BrN2.ClH/c1-18(10-11-3-2-4-12(16)7-11)15-8-13-5-6-14(9-15)17-13;/h2-4,7,13-15,17H,5-6,8-10H2,1H3;1H. The first-order valence-electron chi connectivity index (χ1n) is 6.91. The second-order valence-electron chi connectivity index (χ2n) is 5.81. The zero-order valence-electron chi connectivity index (χ0n) is 11.3. The number of piperidine rings is 1. The van der Waals surface area contributed by atoms with Gasteiger partial charge >= 0.3 is 0 Å². The zero-order chi connectivity index (χ0) is 12.5. The Kier molecular flexibility index (Phi) is 5.29. The number of fused-ring (bicyclic) bond motifs is 2. The molecule has 1 aromatic rings. The molecule has 19 heavy (non-hydrogen) atoms. The summed E-state index contributed by atoms with van der Waals surface area (Å²) in [6.07, 6.45) is 5.40. The first-order valence-corrected chi connectivity index (χ1v) is 7.71. The number of rotatable bonds is 3. The number of benzene rings is 1. The van der Waals surface area contributed by atoms with Crippen molar-refractivity contribution in [1.29, 1.82) is 0 Å². The minimum Gasteiger partial charge on any atom is -0.311 e. The largest absolute Gasteiger partial charge is 0.311 e. The predicted molar refractivity (Wildman–Crippen MR) is 85.8 cm³/mol.